The molecular formula is C20H14ClF2NO5S. The van der Waals surface area contributed by atoms with E-state index in [2.05, 4.69) is 5.32 Å². The van der Waals surface area contributed by atoms with Gasteiger partial charge in [-0.3, -0.25) is 0 Å². The van der Waals surface area contributed by atoms with Gasteiger partial charge in [-0.15, -0.1) is 11.3 Å². The third kappa shape index (κ3) is 5.05. The van der Waals surface area contributed by atoms with Crippen LogP contribution in [0.2, 0.25) is 5.02 Å². The van der Waals surface area contributed by atoms with Gasteiger partial charge < -0.3 is 20.3 Å². The summed E-state index contributed by atoms with van der Waals surface area (Å²) in [6, 6.07) is 10.0. The number of rotatable bonds is 8. The fourth-order valence-electron chi connectivity index (χ4n) is 2.67. The Morgan fingerprint density at radius 3 is 2.43 bits per heavy atom. The van der Waals surface area contributed by atoms with Crippen LogP contribution in [0.25, 0.3) is 10.4 Å². The van der Waals surface area contributed by atoms with Crippen LogP contribution in [0.4, 0.5) is 14.5 Å². The van der Waals surface area contributed by atoms with Crippen molar-refractivity contribution in [1.82, 2.24) is 0 Å². The molecule has 0 fully saturated rings. The first-order valence-corrected chi connectivity index (χ1v) is 9.63. The highest BCUT2D eigenvalue weighted by atomic mass is 35.5. The van der Waals surface area contributed by atoms with E-state index in [0.717, 1.165) is 35.1 Å². The molecule has 1 heterocycles. The number of carboxylic acids is 2. The molecule has 0 unspecified atom stereocenters. The zero-order chi connectivity index (χ0) is 21.8. The smallest absolute Gasteiger partial charge is 0.349 e. The number of halogens is 3. The van der Waals surface area contributed by atoms with Crippen molar-refractivity contribution in [3.8, 4) is 16.2 Å². The van der Waals surface area contributed by atoms with Gasteiger partial charge in [0.1, 0.15) is 16.7 Å². The maximum Gasteiger partial charge on any atom is 0.349 e. The summed E-state index contributed by atoms with van der Waals surface area (Å²) in [5.74, 6) is -4.17. The lowest BCUT2D eigenvalue weighted by Crippen LogP contribution is -2.10. The molecule has 0 spiro atoms. The first-order valence-electron chi connectivity index (χ1n) is 8.44. The van der Waals surface area contributed by atoms with Gasteiger partial charge in [0, 0.05) is 18.3 Å². The van der Waals surface area contributed by atoms with Crippen LogP contribution >= 0.6 is 22.9 Å². The van der Waals surface area contributed by atoms with Crippen molar-refractivity contribution in [3.63, 3.8) is 0 Å². The molecule has 3 aromatic rings. The summed E-state index contributed by atoms with van der Waals surface area (Å²) in [5.41, 5.74) is 1.60. The van der Waals surface area contributed by atoms with Gasteiger partial charge in [0.15, 0.2) is 17.2 Å². The fraction of sp³-hybridized carbons (Fsp3) is 0.100. The van der Waals surface area contributed by atoms with Gasteiger partial charge in [-0.2, -0.15) is 0 Å². The van der Waals surface area contributed by atoms with Gasteiger partial charge in [-0.05, 0) is 29.3 Å². The Labute approximate surface area is 178 Å². The Bertz CT molecular complexity index is 1100. The van der Waals surface area contributed by atoms with Crippen molar-refractivity contribution in [2.75, 3.05) is 11.9 Å². The molecule has 2 aromatic carbocycles. The van der Waals surface area contributed by atoms with Crippen LogP contribution in [0.15, 0.2) is 42.5 Å². The van der Waals surface area contributed by atoms with E-state index in [9.17, 15) is 23.5 Å². The molecule has 1 aromatic heterocycles. The zero-order valence-electron chi connectivity index (χ0n) is 15.1. The molecule has 0 amide bonds. The third-order valence-electron chi connectivity index (χ3n) is 3.89. The van der Waals surface area contributed by atoms with Gasteiger partial charge in [0.2, 0.25) is 0 Å². The molecule has 0 aliphatic carbocycles. The number of nitrogens with one attached hydrogen (secondary N) is 1. The molecule has 0 radical (unpaired) electrons. The molecule has 10 heteroatoms. The number of ether oxygens (including phenoxy) is 1. The maximum absolute atomic E-state index is 13.3. The van der Waals surface area contributed by atoms with Crippen LogP contribution in [0.5, 0.6) is 5.75 Å². The SMILES string of the molecule is O=C(O)COc1c(C(=O)O)sc(-c2cccc(CNc3cc(F)cc(F)c3)c2)c1Cl. The van der Waals surface area contributed by atoms with Crippen LogP contribution in [0.3, 0.4) is 0 Å². The normalized spacial score (nSPS) is 10.6. The van der Waals surface area contributed by atoms with Gasteiger partial charge in [0.25, 0.3) is 0 Å². The molecule has 0 saturated heterocycles. The number of anilines is 1. The Balaban J connectivity index is 1.87. The average Bonchev–Trinajstić information content (AvgIpc) is 3.01. The second kappa shape index (κ2) is 9.10. The van der Waals surface area contributed by atoms with E-state index in [4.69, 9.17) is 21.4 Å². The van der Waals surface area contributed by atoms with E-state index in [0.29, 0.717) is 10.4 Å². The Hall–Kier alpha value is -3.17. The zero-order valence-corrected chi connectivity index (χ0v) is 16.7. The quantitative estimate of drug-likeness (QED) is 0.438. The molecule has 0 atom stereocenters. The maximum atomic E-state index is 13.3. The lowest BCUT2D eigenvalue weighted by molar-refractivity contribution is -0.139. The topological polar surface area (TPSA) is 95.9 Å². The van der Waals surface area contributed by atoms with Gasteiger partial charge >= 0.3 is 11.9 Å². The van der Waals surface area contributed by atoms with Gasteiger partial charge in [0.05, 0.1) is 4.88 Å². The Kier molecular flexibility index (Phi) is 6.53. The molecule has 0 saturated carbocycles. The van der Waals surface area contributed by atoms with E-state index in [1.54, 1.807) is 24.3 Å². The van der Waals surface area contributed by atoms with Gasteiger partial charge in [-0.25, -0.2) is 18.4 Å². The minimum absolute atomic E-state index is 0.00374. The number of hydrogen-bond acceptors (Lipinski definition) is 5. The molecule has 3 N–H and O–H groups in total. The van der Waals surface area contributed by atoms with Crippen molar-refractivity contribution < 1.29 is 33.3 Å². The summed E-state index contributed by atoms with van der Waals surface area (Å²) in [4.78, 5) is 22.4. The third-order valence-corrected chi connectivity index (χ3v) is 5.57. The highest BCUT2D eigenvalue weighted by molar-refractivity contribution is 7.18. The molecular weight excluding hydrogens is 440 g/mol. The summed E-state index contributed by atoms with van der Waals surface area (Å²) in [6.45, 7) is -0.488. The molecule has 0 aliphatic heterocycles. The fourth-order valence-corrected chi connectivity index (χ4v) is 4.07. The van der Waals surface area contributed by atoms with Crippen LogP contribution in [-0.2, 0) is 11.3 Å². The first-order chi connectivity index (χ1) is 14.2. The summed E-state index contributed by atoms with van der Waals surface area (Å²) < 4.78 is 31.7. The van der Waals surface area contributed by atoms with Crippen LogP contribution in [0.1, 0.15) is 15.2 Å². The molecule has 30 heavy (non-hydrogen) atoms. The standard InChI is InChI=1S/C20H14ClF2NO5S/c21-16-17(29-9-15(25)26)19(20(27)28)30-18(16)11-3-1-2-10(4-11)8-24-14-6-12(22)5-13(23)7-14/h1-7,24H,8-9H2,(H,25,26)(H,27,28). The van der Waals surface area contributed by atoms with E-state index >= 15 is 0 Å². The van der Waals surface area contributed by atoms with Crippen LogP contribution in [-0.4, -0.2) is 28.8 Å². The van der Waals surface area contributed by atoms with E-state index in [1.807, 2.05) is 0 Å². The number of hydrogen-bond donors (Lipinski definition) is 3. The Morgan fingerprint density at radius 1 is 1.10 bits per heavy atom. The van der Waals surface area contributed by atoms with Crippen LogP contribution < -0.4 is 10.1 Å². The predicted molar refractivity (Wildman–Crippen MR) is 109 cm³/mol. The summed E-state index contributed by atoms with van der Waals surface area (Å²) >= 11 is 7.14. The molecule has 0 bridgehead atoms. The number of benzene rings is 2. The highest BCUT2D eigenvalue weighted by Gasteiger charge is 2.24. The molecule has 3 rings (SSSR count). The lowest BCUT2D eigenvalue weighted by atomic mass is 10.1. The monoisotopic (exact) mass is 453 g/mol. The predicted octanol–water partition coefficient (Wildman–Crippen LogP) is 5.12. The molecule has 0 aliphatic rings. The lowest BCUT2D eigenvalue weighted by Gasteiger charge is -2.09. The van der Waals surface area contributed by atoms with E-state index in [-0.39, 0.29) is 27.9 Å². The number of carboxylic acid groups (broad SMARTS) is 2. The second-order valence-corrected chi connectivity index (χ2v) is 7.50. The largest absolute Gasteiger partial charge is 0.479 e. The number of aromatic carboxylic acids is 1. The van der Waals surface area contributed by atoms with Crippen molar-refractivity contribution in [2.24, 2.45) is 0 Å². The van der Waals surface area contributed by atoms with Gasteiger partial charge in [-0.1, -0.05) is 29.8 Å². The highest BCUT2D eigenvalue weighted by Crippen LogP contribution is 2.45. The summed E-state index contributed by atoms with van der Waals surface area (Å²) in [5, 5.41) is 21.1. The minimum atomic E-state index is -1.29. The van der Waals surface area contributed by atoms with Crippen molar-refractivity contribution in [3.05, 3.63) is 69.6 Å². The average molecular weight is 454 g/mol. The van der Waals surface area contributed by atoms with Crippen molar-refractivity contribution in [1.29, 1.82) is 0 Å². The van der Waals surface area contributed by atoms with E-state index < -0.39 is 30.2 Å². The minimum Gasteiger partial charge on any atom is -0.479 e. The number of aliphatic carboxylic acids is 1. The second-order valence-electron chi connectivity index (χ2n) is 6.10. The van der Waals surface area contributed by atoms with Crippen molar-refractivity contribution in [2.45, 2.75) is 6.54 Å². The summed E-state index contributed by atoms with van der Waals surface area (Å²) in [7, 11) is 0. The van der Waals surface area contributed by atoms with Crippen molar-refractivity contribution >= 4 is 40.6 Å². The Morgan fingerprint density at radius 2 is 1.80 bits per heavy atom. The van der Waals surface area contributed by atoms with E-state index in [1.165, 1.54) is 0 Å². The molecule has 6 nitrogen and oxygen atoms in total. The summed E-state index contributed by atoms with van der Waals surface area (Å²) in [6.07, 6.45) is 0. The number of carbonyl (C=O) groups is 2. The first kappa shape index (κ1) is 21.5. The van der Waals surface area contributed by atoms with Crippen LogP contribution in [0, 0.1) is 11.6 Å². The molecule has 156 valence electrons. The number of thiophene rings is 1.